The van der Waals surface area contributed by atoms with E-state index in [0.29, 0.717) is 19.6 Å². The van der Waals surface area contributed by atoms with Gasteiger partial charge in [-0.25, -0.2) is 9.78 Å². The second-order valence-corrected chi connectivity index (χ2v) is 5.30. The van der Waals surface area contributed by atoms with Crippen LogP contribution in [0.5, 0.6) is 0 Å². The number of H-pyrrole nitrogens is 1. The first-order valence-corrected chi connectivity index (χ1v) is 6.02. The van der Waals surface area contributed by atoms with Crippen LogP contribution in [0.1, 0.15) is 32.6 Å². The molecule has 1 aliphatic heterocycles. The van der Waals surface area contributed by atoms with Gasteiger partial charge in [-0.1, -0.05) is 0 Å². The Hall–Kier alpha value is -1.63. The molecule has 1 aromatic rings. The van der Waals surface area contributed by atoms with Gasteiger partial charge in [-0.05, 0) is 20.8 Å². The van der Waals surface area contributed by atoms with Crippen LogP contribution in [0.4, 0.5) is 4.79 Å². The summed E-state index contributed by atoms with van der Waals surface area (Å²) in [5.74, 6) is 0.739. The molecule has 1 fully saturated rings. The Balaban J connectivity index is 1.96. The van der Waals surface area contributed by atoms with Crippen LogP contribution in [0.25, 0.3) is 0 Å². The van der Waals surface area contributed by atoms with E-state index in [0.717, 1.165) is 5.82 Å². The maximum Gasteiger partial charge on any atom is 0.410 e. The zero-order chi connectivity index (χ0) is 13.2. The highest BCUT2D eigenvalue weighted by atomic mass is 16.6. The number of nitrogens with one attached hydrogen (secondary N) is 2. The van der Waals surface area contributed by atoms with E-state index in [1.165, 1.54) is 6.33 Å². The van der Waals surface area contributed by atoms with E-state index in [-0.39, 0.29) is 12.1 Å². The normalized spacial score (nSPS) is 20.8. The van der Waals surface area contributed by atoms with Crippen LogP contribution < -0.4 is 5.32 Å². The summed E-state index contributed by atoms with van der Waals surface area (Å²) in [6.45, 7) is 7.47. The molecule has 1 atom stereocenters. The molecule has 100 valence electrons. The number of carbonyl (C=O) groups is 1. The third kappa shape index (κ3) is 3.19. The molecule has 1 aromatic heterocycles. The van der Waals surface area contributed by atoms with Crippen LogP contribution in [-0.2, 0) is 4.74 Å². The number of amides is 1. The van der Waals surface area contributed by atoms with Crippen molar-refractivity contribution < 1.29 is 9.53 Å². The first-order chi connectivity index (χ1) is 8.46. The molecule has 1 unspecified atom stereocenters. The minimum atomic E-state index is -0.469. The van der Waals surface area contributed by atoms with Crippen LogP contribution >= 0.6 is 0 Å². The van der Waals surface area contributed by atoms with Crippen LogP contribution in [-0.4, -0.2) is 51.4 Å². The standard InChI is InChI=1S/C11H19N5O2/c1-11(2,3)18-10(17)16-5-4-12-8(6-16)9-13-7-14-15-9/h7-8,12H,4-6H2,1-3H3,(H,13,14,15). The monoisotopic (exact) mass is 253 g/mol. The van der Waals surface area contributed by atoms with Gasteiger partial charge in [-0.3, -0.25) is 5.10 Å². The molecule has 0 aromatic carbocycles. The predicted molar refractivity (Wildman–Crippen MR) is 64.9 cm³/mol. The molecule has 0 saturated carbocycles. The van der Waals surface area contributed by atoms with E-state index in [1.54, 1.807) is 4.90 Å². The van der Waals surface area contributed by atoms with Crippen molar-refractivity contribution in [3.63, 3.8) is 0 Å². The van der Waals surface area contributed by atoms with Crippen LogP contribution in [0.3, 0.4) is 0 Å². The molecule has 1 saturated heterocycles. The van der Waals surface area contributed by atoms with Crippen LogP contribution in [0.2, 0.25) is 0 Å². The zero-order valence-corrected chi connectivity index (χ0v) is 10.9. The largest absolute Gasteiger partial charge is 0.444 e. The number of nitrogens with zero attached hydrogens (tertiary/aromatic N) is 3. The fourth-order valence-electron chi connectivity index (χ4n) is 1.81. The number of ether oxygens (including phenoxy) is 1. The third-order valence-corrected chi connectivity index (χ3v) is 2.59. The van der Waals surface area contributed by atoms with Gasteiger partial charge in [0.05, 0.1) is 6.04 Å². The van der Waals surface area contributed by atoms with Crippen molar-refractivity contribution in [2.24, 2.45) is 0 Å². The molecule has 0 aliphatic carbocycles. The van der Waals surface area contributed by atoms with E-state index in [9.17, 15) is 4.79 Å². The fourth-order valence-corrected chi connectivity index (χ4v) is 1.81. The van der Waals surface area contributed by atoms with Gasteiger partial charge in [-0.15, -0.1) is 0 Å². The third-order valence-electron chi connectivity index (χ3n) is 2.59. The number of rotatable bonds is 1. The highest BCUT2D eigenvalue weighted by Gasteiger charge is 2.29. The second kappa shape index (κ2) is 4.93. The molecular weight excluding hydrogens is 234 g/mol. The molecule has 7 heteroatoms. The van der Waals surface area contributed by atoms with E-state index >= 15 is 0 Å². The quantitative estimate of drug-likeness (QED) is 0.769. The summed E-state index contributed by atoms with van der Waals surface area (Å²) < 4.78 is 5.36. The van der Waals surface area contributed by atoms with E-state index in [4.69, 9.17) is 4.74 Å². The Morgan fingerprint density at radius 1 is 1.56 bits per heavy atom. The van der Waals surface area contributed by atoms with E-state index in [1.807, 2.05) is 20.8 Å². The topological polar surface area (TPSA) is 83.1 Å². The summed E-state index contributed by atoms with van der Waals surface area (Å²) in [4.78, 5) is 17.7. The van der Waals surface area contributed by atoms with Crippen molar-refractivity contribution in [1.29, 1.82) is 0 Å². The van der Waals surface area contributed by atoms with Gasteiger partial charge < -0.3 is 15.0 Å². The van der Waals surface area contributed by atoms with Gasteiger partial charge in [0.25, 0.3) is 0 Å². The zero-order valence-electron chi connectivity index (χ0n) is 10.9. The molecule has 7 nitrogen and oxygen atoms in total. The molecule has 2 heterocycles. The van der Waals surface area contributed by atoms with E-state index < -0.39 is 5.60 Å². The molecule has 2 rings (SSSR count). The number of aromatic nitrogens is 3. The second-order valence-electron chi connectivity index (χ2n) is 5.30. The lowest BCUT2D eigenvalue weighted by Gasteiger charge is -2.33. The summed E-state index contributed by atoms with van der Waals surface area (Å²) >= 11 is 0. The lowest BCUT2D eigenvalue weighted by Crippen LogP contribution is -2.50. The maximum absolute atomic E-state index is 12.0. The summed E-state index contributed by atoms with van der Waals surface area (Å²) in [7, 11) is 0. The Kier molecular flexibility index (Phi) is 3.51. The minimum Gasteiger partial charge on any atom is -0.444 e. The van der Waals surface area contributed by atoms with Crippen molar-refractivity contribution in [3.8, 4) is 0 Å². The molecule has 2 N–H and O–H groups in total. The molecule has 18 heavy (non-hydrogen) atoms. The SMILES string of the molecule is CC(C)(C)OC(=O)N1CCNC(c2ncn[nH]2)C1. The maximum atomic E-state index is 12.0. The lowest BCUT2D eigenvalue weighted by molar-refractivity contribution is 0.0192. The first kappa shape index (κ1) is 12.8. The Morgan fingerprint density at radius 2 is 2.33 bits per heavy atom. The molecule has 0 radical (unpaired) electrons. The molecule has 0 spiro atoms. The van der Waals surface area contributed by atoms with Gasteiger partial charge in [0.1, 0.15) is 17.8 Å². The van der Waals surface area contributed by atoms with Gasteiger partial charge in [0.15, 0.2) is 0 Å². The highest BCUT2D eigenvalue weighted by molar-refractivity contribution is 5.68. The van der Waals surface area contributed by atoms with Crippen molar-refractivity contribution >= 4 is 6.09 Å². The summed E-state index contributed by atoms with van der Waals surface area (Å²) in [6, 6.07) is -0.0197. The minimum absolute atomic E-state index is 0.0197. The van der Waals surface area contributed by atoms with Crippen molar-refractivity contribution in [1.82, 2.24) is 25.4 Å². The first-order valence-electron chi connectivity index (χ1n) is 6.02. The molecule has 0 bridgehead atoms. The van der Waals surface area contributed by atoms with Gasteiger partial charge >= 0.3 is 6.09 Å². The summed E-state index contributed by atoms with van der Waals surface area (Å²) in [6.07, 6.45) is 1.18. The van der Waals surface area contributed by atoms with Crippen molar-refractivity contribution in [3.05, 3.63) is 12.2 Å². The Morgan fingerprint density at radius 3 is 2.94 bits per heavy atom. The Bertz CT molecular complexity index is 398. The average molecular weight is 253 g/mol. The van der Waals surface area contributed by atoms with Gasteiger partial charge in [-0.2, -0.15) is 5.10 Å². The molecule has 1 aliphatic rings. The number of aromatic amines is 1. The number of piperazine rings is 1. The molecular formula is C11H19N5O2. The van der Waals surface area contributed by atoms with Crippen molar-refractivity contribution in [2.45, 2.75) is 32.4 Å². The average Bonchev–Trinajstić information content (AvgIpc) is 2.80. The summed E-state index contributed by atoms with van der Waals surface area (Å²) in [5.41, 5.74) is -0.469. The lowest BCUT2D eigenvalue weighted by atomic mass is 10.2. The van der Waals surface area contributed by atoms with Crippen LogP contribution in [0.15, 0.2) is 6.33 Å². The fraction of sp³-hybridized carbons (Fsp3) is 0.727. The highest BCUT2D eigenvalue weighted by Crippen LogP contribution is 2.16. The van der Waals surface area contributed by atoms with Gasteiger partial charge in [0, 0.05) is 19.6 Å². The Labute approximate surface area is 106 Å². The predicted octanol–water partition coefficient (Wildman–Crippen LogP) is 0.686. The smallest absolute Gasteiger partial charge is 0.410 e. The molecule has 1 amide bonds. The number of hydrogen-bond acceptors (Lipinski definition) is 5. The number of carbonyl (C=O) groups excluding carboxylic acids is 1. The number of hydrogen-bond donors (Lipinski definition) is 2. The van der Waals surface area contributed by atoms with E-state index in [2.05, 4.69) is 20.5 Å². The van der Waals surface area contributed by atoms with Gasteiger partial charge in [0.2, 0.25) is 0 Å². The summed E-state index contributed by atoms with van der Waals surface area (Å²) in [5, 5.41) is 9.91. The van der Waals surface area contributed by atoms with Crippen LogP contribution in [0, 0.1) is 0 Å². The van der Waals surface area contributed by atoms with Crippen molar-refractivity contribution in [2.75, 3.05) is 19.6 Å².